The van der Waals surface area contributed by atoms with Crippen molar-refractivity contribution >= 4 is 0 Å². The highest BCUT2D eigenvalue weighted by molar-refractivity contribution is 5.45. The molecule has 0 aliphatic heterocycles. The van der Waals surface area contributed by atoms with Gasteiger partial charge in [-0.25, -0.2) is 4.39 Å². The van der Waals surface area contributed by atoms with Crippen LogP contribution in [0, 0.1) is 5.82 Å². The van der Waals surface area contributed by atoms with E-state index in [9.17, 15) is 4.39 Å². The van der Waals surface area contributed by atoms with E-state index in [1.54, 1.807) is 7.11 Å². The molecule has 19 heavy (non-hydrogen) atoms. The monoisotopic (exact) mass is 265 g/mol. The Hall–Kier alpha value is -1.09. The van der Waals surface area contributed by atoms with E-state index < -0.39 is 0 Å². The molecule has 1 aliphatic carbocycles. The largest absolute Gasteiger partial charge is 0.496 e. The molecule has 1 aromatic carbocycles. The summed E-state index contributed by atoms with van der Waals surface area (Å²) < 4.78 is 19.5. The zero-order valence-electron chi connectivity index (χ0n) is 12.1. The van der Waals surface area contributed by atoms with E-state index in [1.807, 2.05) is 19.9 Å². The summed E-state index contributed by atoms with van der Waals surface area (Å²) in [4.78, 5) is 0. The van der Waals surface area contributed by atoms with Crippen molar-refractivity contribution in [1.82, 2.24) is 0 Å². The molecule has 3 heteroatoms. The fraction of sp³-hybridized carbons (Fsp3) is 0.625. The topological polar surface area (TPSA) is 35.2 Å². The molecule has 0 amide bonds. The second-order valence-electron chi connectivity index (χ2n) is 5.92. The van der Waals surface area contributed by atoms with Gasteiger partial charge in [0.05, 0.1) is 7.11 Å². The minimum atomic E-state index is -0.180. The molecule has 0 aromatic heterocycles. The highest BCUT2D eigenvalue weighted by Crippen LogP contribution is 2.45. The number of rotatable bonds is 4. The molecule has 0 atom stereocenters. The molecule has 1 aliphatic rings. The van der Waals surface area contributed by atoms with E-state index in [2.05, 4.69) is 0 Å². The summed E-state index contributed by atoms with van der Waals surface area (Å²) in [6, 6.07) is 3.51. The van der Waals surface area contributed by atoms with Crippen molar-refractivity contribution in [3.05, 3.63) is 29.1 Å². The molecular formula is C16H24FNO. The average Bonchev–Trinajstić information content (AvgIpc) is 2.87. The van der Waals surface area contributed by atoms with Crippen LogP contribution < -0.4 is 10.5 Å². The summed E-state index contributed by atoms with van der Waals surface area (Å²) in [6.07, 6.45) is 4.52. The van der Waals surface area contributed by atoms with Gasteiger partial charge in [-0.05, 0) is 30.4 Å². The van der Waals surface area contributed by atoms with Gasteiger partial charge in [0.25, 0.3) is 0 Å². The molecule has 1 saturated carbocycles. The van der Waals surface area contributed by atoms with Crippen LogP contribution in [0.15, 0.2) is 12.1 Å². The smallest absolute Gasteiger partial charge is 0.130 e. The number of benzene rings is 1. The first-order chi connectivity index (χ1) is 9.04. The van der Waals surface area contributed by atoms with E-state index in [4.69, 9.17) is 10.5 Å². The Morgan fingerprint density at radius 1 is 1.32 bits per heavy atom. The maximum absolute atomic E-state index is 14.1. The van der Waals surface area contributed by atoms with Crippen LogP contribution in [0.2, 0.25) is 0 Å². The van der Waals surface area contributed by atoms with Gasteiger partial charge in [-0.2, -0.15) is 0 Å². The fourth-order valence-electron chi connectivity index (χ4n) is 3.23. The van der Waals surface area contributed by atoms with Crippen molar-refractivity contribution in [2.24, 2.45) is 5.73 Å². The van der Waals surface area contributed by atoms with Crippen molar-refractivity contribution in [1.29, 1.82) is 0 Å². The molecule has 2 nitrogen and oxygen atoms in total. The lowest BCUT2D eigenvalue weighted by molar-refractivity contribution is 0.373. The summed E-state index contributed by atoms with van der Waals surface area (Å²) in [5, 5.41) is 0. The molecule has 2 N–H and O–H groups in total. The molecular weight excluding hydrogens is 241 g/mol. The third kappa shape index (κ3) is 2.48. The standard InChI is InChI=1S/C16H24FNO/c1-11(2)12-8-13(15(19-3)9-14(12)17)16(10-18)6-4-5-7-16/h8-9,11H,4-7,10,18H2,1-3H3. The van der Waals surface area contributed by atoms with Gasteiger partial charge < -0.3 is 10.5 Å². The van der Waals surface area contributed by atoms with E-state index in [-0.39, 0.29) is 17.2 Å². The molecule has 2 rings (SSSR count). The second kappa shape index (κ2) is 5.49. The Morgan fingerprint density at radius 3 is 2.42 bits per heavy atom. The number of hydrogen-bond acceptors (Lipinski definition) is 2. The first-order valence-electron chi connectivity index (χ1n) is 7.12. The number of halogens is 1. The molecule has 0 unspecified atom stereocenters. The lowest BCUT2D eigenvalue weighted by Gasteiger charge is -2.30. The van der Waals surface area contributed by atoms with Crippen LogP contribution in [0.4, 0.5) is 4.39 Å². The maximum atomic E-state index is 14.1. The van der Waals surface area contributed by atoms with Gasteiger partial charge in [0.1, 0.15) is 11.6 Å². The Labute approximate surface area is 115 Å². The zero-order valence-corrected chi connectivity index (χ0v) is 12.1. The van der Waals surface area contributed by atoms with E-state index in [1.165, 1.54) is 18.9 Å². The Bertz CT molecular complexity index is 450. The third-order valence-electron chi connectivity index (χ3n) is 4.46. The molecule has 1 aromatic rings. The predicted octanol–water partition coefficient (Wildman–Crippen LogP) is 3.73. The molecule has 0 spiro atoms. The number of ether oxygens (including phenoxy) is 1. The maximum Gasteiger partial charge on any atom is 0.130 e. The van der Waals surface area contributed by atoms with Crippen LogP contribution in [0.1, 0.15) is 56.6 Å². The van der Waals surface area contributed by atoms with Crippen molar-refractivity contribution in [2.45, 2.75) is 50.9 Å². The number of nitrogens with two attached hydrogens (primary N) is 1. The highest BCUT2D eigenvalue weighted by atomic mass is 19.1. The summed E-state index contributed by atoms with van der Waals surface area (Å²) in [5.74, 6) is 0.635. The lowest BCUT2D eigenvalue weighted by atomic mass is 9.77. The summed E-state index contributed by atoms with van der Waals surface area (Å²) in [6.45, 7) is 4.63. The molecule has 0 heterocycles. The van der Waals surface area contributed by atoms with Gasteiger partial charge in [0.15, 0.2) is 0 Å². The molecule has 106 valence electrons. The first kappa shape index (κ1) is 14.3. The quantitative estimate of drug-likeness (QED) is 0.900. The summed E-state index contributed by atoms with van der Waals surface area (Å²) in [7, 11) is 1.60. The third-order valence-corrected chi connectivity index (χ3v) is 4.46. The molecule has 0 saturated heterocycles. The van der Waals surface area contributed by atoms with Crippen molar-refractivity contribution in [3.8, 4) is 5.75 Å². The van der Waals surface area contributed by atoms with Crippen molar-refractivity contribution in [2.75, 3.05) is 13.7 Å². The van der Waals surface area contributed by atoms with Crippen LogP contribution in [-0.4, -0.2) is 13.7 Å². The van der Waals surface area contributed by atoms with Crippen LogP contribution in [-0.2, 0) is 5.41 Å². The van der Waals surface area contributed by atoms with Gasteiger partial charge >= 0.3 is 0 Å². The molecule has 1 fully saturated rings. The van der Waals surface area contributed by atoms with Crippen LogP contribution in [0.5, 0.6) is 5.75 Å². The van der Waals surface area contributed by atoms with Crippen molar-refractivity contribution in [3.63, 3.8) is 0 Å². The minimum absolute atomic E-state index is 0.0251. The summed E-state index contributed by atoms with van der Waals surface area (Å²) in [5.41, 5.74) is 7.87. The van der Waals surface area contributed by atoms with Crippen LogP contribution in [0.25, 0.3) is 0 Å². The molecule has 0 radical (unpaired) electrons. The molecule has 0 bridgehead atoms. The van der Waals surface area contributed by atoms with Gasteiger partial charge in [-0.15, -0.1) is 0 Å². The number of hydrogen-bond donors (Lipinski definition) is 1. The normalized spacial score (nSPS) is 18.0. The predicted molar refractivity (Wildman–Crippen MR) is 76.2 cm³/mol. The van der Waals surface area contributed by atoms with E-state index in [0.29, 0.717) is 12.3 Å². The highest BCUT2D eigenvalue weighted by Gasteiger charge is 2.37. The SMILES string of the molecule is COc1cc(F)c(C(C)C)cc1C1(CN)CCCC1. The van der Waals surface area contributed by atoms with Crippen molar-refractivity contribution < 1.29 is 9.13 Å². The van der Waals surface area contributed by atoms with E-state index >= 15 is 0 Å². The average molecular weight is 265 g/mol. The van der Waals surface area contributed by atoms with Gasteiger partial charge in [0, 0.05) is 23.6 Å². The Kier molecular flexibility index (Phi) is 4.14. The lowest BCUT2D eigenvalue weighted by Crippen LogP contribution is -2.32. The second-order valence-corrected chi connectivity index (χ2v) is 5.92. The van der Waals surface area contributed by atoms with Crippen LogP contribution in [0.3, 0.4) is 0 Å². The minimum Gasteiger partial charge on any atom is -0.496 e. The fourth-order valence-corrected chi connectivity index (χ4v) is 3.23. The van der Waals surface area contributed by atoms with Gasteiger partial charge in [0.2, 0.25) is 0 Å². The zero-order chi connectivity index (χ0) is 14.0. The number of methoxy groups -OCH3 is 1. The Morgan fingerprint density at radius 2 is 1.95 bits per heavy atom. The van der Waals surface area contributed by atoms with E-state index in [0.717, 1.165) is 24.0 Å². The van der Waals surface area contributed by atoms with Gasteiger partial charge in [-0.3, -0.25) is 0 Å². The first-order valence-corrected chi connectivity index (χ1v) is 7.12. The van der Waals surface area contributed by atoms with Gasteiger partial charge in [-0.1, -0.05) is 26.7 Å². The van der Waals surface area contributed by atoms with Crippen LogP contribution >= 0.6 is 0 Å². The Balaban J connectivity index is 2.56. The summed E-state index contributed by atoms with van der Waals surface area (Å²) >= 11 is 0.